The summed E-state index contributed by atoms with van der Waals surface area (Å²) in [6.07, 6.45) is 0. The third-order valence-corrected chi connectivity index (χ3v) is 6.01. The largest absolute Gasteiger partial charge is 0.375 e. The van der Waals surface area contributed by atoms with Crippen molar-refractivity contribution in [1.29, 1.82) is 0 Å². The molecular formula is C17H20FN3O4S. The average Bonchev–Trinajstić information content (AvgIpc) is 2.60. The fourth-order valence-corrected chi connectivity index (χ4v) is 3.59. The van der Waals surface area contributed by atoms with E-state index in [2.05, 4.69) is 5.32 Å². The molecule has 0 bridgehead atoms. The normalized spacial score (nSPS) is 11.8. The quantitative estimate of drug-likeness (QED) is 0.586. The van der Waals surface area contributed by atoms with Gasteiger partial charge in [-0.3, -0.25) is 10.1 Å². The highest BCUT2D eigenvalue weighted by atomic mass is 32.2. The molecule has 2 rings (SSSR count). The van der Waals surface area contributed by atoms with Crippen molar-refractivity contribution in [2.75, 3.05) is 12.4 Å². The number of benzene rings is 2. The Morgan fingerprint density at radius 3 is 2.35 bits per heavy atom. The average molecular weight is 381 g/mol. The van der Waals surface area contributed by atoms with E-state index in [9.17, 15) is 22.9 Å². The minimum absolute atomic E-state index is 0.166. The molecule has 2 aromatic carbocycles. The first kappa shape index (κ1) is 19.8. The molecular weight excluding hydrogens is 361 g/mol. The molecule has 9 heteroatoms. The number of hydrogen-bond acceptors (Lipinski definition) is 5. The molecule has 0 amide bonds. The Kier molecular flexibility index (Phi) is 5.94. The van der Waals surface area contributed by atoms with Gasteiger partial charge in [0, 0.05) is 19.6 Å². The molecule has 0 heterocycles. The van der Waals surface area contributed by atoms with Crippen LogP contribution in [0.3, 0.4) is 0 Å². The second-order valence-corrected chi connectivity index (χ2v) is 8.03. The summed E-state index contributed by atoms with van der Waals surface area (Å²) < 4.78 is 39.3. The molecule has 2 aromatic rings. The molecule has 0 aliphatic heterocycles. The smallest absolute Gasteiger partial charge is 0.295 e. The molecule has 0 aliphatic rings. The summed E-state index contributed by atoms with van der Waals surface area (Å²) in [5, 5.41) is 13.9. The van der Waals surface area contributed by atoms with Gasteiger partial charge in [-0.05, 0) is 43.7 Å². The van der Waals surface area contributed by atoms with Crippen LogP contribution in [0.1, 0.15) is 19.4 Å². The Labute approximate surface area is 151 Å². The molecule has 1 N–H and O–H groups in total. The predicted molar refractivity (Wildman–Crippen MR) is 96.9 cm³/mol. The van der Waals surface area contributed by atoms with Crippen LogP contribution in [0.5, 0.6) is 0 Å². The summed E-state index contributed by atoms with van der Waals surface area (Å²) in [5.74, 6) is -0.689. The SMILES string of the molecule is CC(C)N(C)S(=O)(=O)c1ccc(CNc2ccc(F)cc2[N+](=O)[O-])cc1. The molecule has 0 fully saturated rings. The van der Waals surface area contributed by atoms with Gasteiger partial charge in [0.25, 0.3) is 5.69 Å². The van der Waals surface area contributed by atoms with Crippen LogP contribution in [-0.2, 0) is 16.6 Å². The van der Waals surface area contributed by atoms with Crippen molar-refractivity contribution in [3.8, 4) is 0 Å². The lowest BCUT2D eigenvalue weighted by atomic mass is 10.2. The summed E-state index contributed by atoms with van der Waals surface area (Å²) in [6, 6.07) is 9.35. The van der Waals surface area contributed by atoms with Crippen molar-refractivity contribution in [2.24, 2.45) is 0 Å². The number of anilines is 1. The standard InChI is InChI=1S/C17H20FN3O4S/c1-12(2)20(3)26(24,25)15-7-4-13(5-8-15)11-19-16-9-6-14(18)10-17(16)21(22)23/h4-10,12,19H,11H2,1-3H3. The highest BCUT2D eigenvalue weighted by Crippen LogP contribution is 2.25. The second kappa shape index (κ2) is 7.79. The minimum Gasteiger partial charge on any atom is -0.375 e. The van der Waals surface area contributed by atoms with Crippen LogP contribution in [0, 0.1) is 15.9 Å². The Morgan fingerprint density at radius 1 is 1.19 bits per heavy atom. The van der Waals surface area contributed by atoms with Crippen LogP contribution < -0.4 is 5.32 Å². The number of nitro benzene ring substituents is 1. The summed E-state index contributed by atoms with van der Waals surface area (Å²) in [7, 11) is -2.05. The molecule has 0 saturated carbocycles. The van der Waals surface area contributed by atoms with E-state index in [1.165, 1.54) is 29.6 Å². The van der Waals surface area contributed by atoms with Crippen molar-refractivity contribution in [1.82, 2.24) is 4.31 Å². The van der Waals surface area contributed by atoms with Gasteiger partial charge in [0.15, 0.2) is 0 Å². The summed E-state index contributed by atoms with van der Waals surface area (Å²) in [6.45, 7) is 3.80. The van der Waals surface area contributed by atoms with E-state index in [-0.39, 0.29) is 28.9 Å². The first-order chi connectivity index (χ1) is 12.1. The molecule has 140 valence electrons. The molecule has 0 radical (unpaired) electrons. The van der Waals surface area contributed by atoms with Gasteiger partial charge in [0.05, 0.1) is 15.9 Å². The van der Waals surface area contributed by atoms with Gasteiger partial charge in [0.2, 0.25) is 10.0 Å². The lowest BCUT2D eigenvalue weighted by Crippen LogP contribution is -2.33. The maximum Gasteiger partial charge on any atom is 0.295 e. The Morgan fingerprint density at radius 2 is 1.81 bits per heavy atom. The lowest BCUT2D eigenvalue weighted by Gasteiger charge is -2.21. The molecule has 0 saturated heterocycles. The Balaban J connectivity index is 2.15. The molecule has 0 spiro atoms. The summed E-state index contributed by atoms with van der Waals surface area (Å²) in [4.78, 5) is 10.5. The molecule has 0 aliphatic carbocycles. The second-order valence-electron chi connectivity index (χ2n) is 6.03. The fraction of sp³-hybridized carbons (Fsp3) is 0.294. The van der Waals surface area contributed by atoms with Crippen LogP contribution in [0.15, 0.2) is 47.4 Å². The van der Waals surface area contributed by atoms with Crippen LogP contribution in [0.4, 0.5) is 15.8 Å². The van der Waals surface area contributed by atoms with E-state index in [1.807, 2.05) is 0 Å². The van der Waals surface area contributed by atoms with E-state index in [0.29, 0.717) is 0 Å². The van der Waals surface area contributed by atoms with E-state index >= 15 is 0 Å². The Hall–Kier alpha value is -2.52. The lowest BCUT2D eigenvalue weighted by molar-refractivity contribution is -0.384. The maximum absolute atomic E-state index is 13.2. The van der Waals surface area contributed by atoms with E-state index < -0.39 is 20.8 Å². The van der Waals surface area contributed by atoms with Crippen molar-refractivity contribution in [3.05, 3.63) is 64.0 Å². The number of hydrogen-bond donors (Lipinski definition) is 1. The third kappa shape index (κ3) is 4.36. The van der Waals surface area contributed by atoms with Gasteiger partial charge < -0.3 is 5.32 Å². The van der Waals surface area contributed by atoms with Crippen LogP contribution in [0.25, 0.3) is 0 Å². The number of nitrogens with zero attached hydrogens (tertiary/aromatic N) is 2. The molecule has 0 atom stereocenters. The zero-order valence-corrected chi connectivity index (χ0v) is 15.5. The third-order valence-electron chi connectivity index (χ3n) is 3.97. The zero-order valence-electron chi connectivity index (χ0n) is 14.6. The first-order valence-corrected chi connectivity index (χ1v) is 9.31. The van der Waals surface area contributed by atoms with E-state index in [1.54, 1.807) is 26.0 Å². The molecule has 0 aromatic heterocycles. The monoisotopic (exact) mass is 381 g/mol. The number of nitro groups is 1. The molecule has 7 nitrogen and oxygen atoms in total. The number of rotatable bonds is 7. The fourth-order valence-electron chi connectivity index (χ4n) is 2.23. The van der Waals surface area contributed by atoms with Crippen molar-refractivity contribution in [2.45, 2.75) is 31.3 Å². The van der Waals surface area contributed by atoms with Gasteiger partial charge >= 0.3 is 0 Å². The topological polar surface area (TPSA) is 92.6 Å². The predicted octanol–water partition coefficient (Wildman–Crippen LogP) is 3.37. The van der Waals surface area contributed by atoms with Crippen LogP contribution >= 0.6 is 0 Å². The van der Waals surface area contributed by atoms with Gasteiger partial charge in [-0.2, -0.15) is 4.31 Å². The van der Waals surface area contributed by atoms with E-state index in [0.717, 1.165) is 17.7 Å². The number of sulfonamides is 1. The van der Waals surface area contributed by atoms with Gasteiger partial charge in [-0.1, -0.05) is 12.1 Å². The van der Waals surface area contributed by atoms with Gasteiger partial charge in [-0.15, -0.1) is 0 Å². The molecule has 0 unspecified atom stereocenters. The van der Waals surface area contributed by atoms with Crippen molar-refractivity contribution in [3.63, 3.8) is 0 Å². The zero-order chi connectivity index (χ0) is 19.5. The van der Waals surface area contributed by atoms with Crippen LogP contribution in [-0.4, -0.2) is 30.7 Å². The van der Waals surface area contributed by atoms with E-state index in [4.69, 9.17) is 0 Å². The molecule has 26 heavy (non-hydrogen) atoms. The summed E-state index contributed by atoms with van der Waals surface area (Å²) in [5.41, 5.74) is 0.560. The highest BCUT2D eigenvalue weighted by molar-refractivity contribution is 7.89. The van der Waals surface area contributed by atoms with Gasteiger partial charge in [0.1, 0.15) is 11.5 Å². The number of nitrogens with one attached hydrogen (secondary N) is 1. The minimum atomic E-state index is -3.56. The maximum atomic E-state index is 13.2. The van der Waals surface area contributed by atoms with Crippen molar-refractivity contribution >= 4 is 21.4 Å². The Bertz CT molecular complexity index is 899. The van der Waals surface area contributed by atoms with Gasteiger partial charge in [-0.25, -0.2) is 12.8 Å². The first-order valence-electron chi connectivity index (χ1n) is 7.87. The van der Waals surface area contributed by atoms with Crippen LogP contribution in [0.2, 0.25) is 0 Å². The summed E-state index contributed by atoms with van der Waals surface area (Å²) >= 11 is 0. The highest BCUT2D eigenvalue weighted by Gasteiger charge is 2.22. The van der Waals surface area contributed by atoms with Crippen molar-refractivity contribution < 1.29 is 17.7 Å². The number of halogens is 1.